The van der Waals surface area contributed by atoms with E-state index in [1.807, 2.05) is 6.07 Å². The van der Waals surface area contributed by atoms with Gasteiger partial charge in [0, 0.05) is 11.5 Å². The van der Waals surface area contributed by atoms with E-state index in [4.69, 9.17) is 5.73 Å². The van der Waals surface area contributed by atoms with Gasteiger partial charge in [0.2, 0.25) is 0 Å². The van der Waals surface area contributed by atoms with E-state index in [-0.39, 0.29) is 11.4 Å². The monoisotopic (exact) mass is 177 g/mol. The molecule has 0 spiro atoms. The topological polar surface area (TPSA) is 26.0 Å². The first-order chi connectivity index (χ1) is 6.19. The molecule has 0 aliphatic heterocycles. The molecule has 0 aromatic heterocycles. The fourth-order valence-corrected chi connectivity index (χ4v) is 2.28. The lowest BCUT2D eigenvalue weighted by Gasteiger charge is -2.35. The summed E-state index contributed by atoms with van der Waals surface area (Å²) in [6, 6.07) is 5.06. The molecule has 1 atom stereocenters. The van der Waals surface area contributed by atoms with Crippen LogP contribution in [-0.4, -0.2) is 5.54 Å². The second-order valence-electron chi connectivity index (χ2n) is 4.33. The summed E-state index contributed by atoms with van der Waals surface area (Å²) in [5.74, 6) is 0.297. The Kier molecular flexibility index (Phi) is 1.23. The van der Waals surface area contributed by atoms with Crippen LogP contribution in [0.25, 0.3) is 0 Å². The molecule has 1 aromatic rings. The minimum atomic E-state index is -0.132. The Morgan fingerprint density at radius 2 is 2.15 bits per heavy atom. The van der Waals surface area contributed by atoms with E-state index in [1.54, 1.807) is 6.07 Å². The maximum atomic E-state index is 12.9. The molecule has 1 nitrogen and oxygen atoms in total. The Hall–Kier alpha value is -0.890. The molecular weight excluding hydrogens is 165 g/mol. The maximum Gasteiger partial charge on any atom is 0.123 e. The first-order valence-corrected chi connectivity index (χ1v) is 4.76. The molecule has 0 heterocycles. The van der Waals surface area contributed by atoms with Crippen molar-refractivity contribution < 1.29 is 4.39 Å². The summed E-state index contributed by atoms with van der Waals surface area (Å²) in [5.41, 5.74) is 8.54. The van der Waals surface area contributed by atoms with Crippen molar-refractivity contribution >= 4 is 0 Å². The van der Waals surface area contributed by atoms with Gasteiger partial charge in [0.05, 0.1) is 0 Å². The van der Waals surface area contributed by atoms with Gasteiger partial charge < -0.3 is 5.73 Å². The Bertz CT molecular complexity index is 368. The lowest BCUT2D eigenvalue weighted by Crippen LogP contribution is -2.37. The molecule has 1 saturated carbocycles. The number of hydrogen-bond acceptors (Lipinski definition) is 1. The van der Waals surface area contributed by atoms with Crippen LogP contribution in [-0.2, 0) is 6.42 Å². The number of halogens is 1. The standard InChI is InChI=1S/C11H12FN/c12-8-2-1-7-5-10(9(7)6-8)11(13)3-4-11/h1-2,6,10H,3-5,13H2. The molecule has 1 aromatic carbocycles. The van der Waals surface area contributed by atoms with Gasteiger partial charge in [-0.05, 0) is 42.5 Å². The average molecular weight is 177 g/mol. The van der Waals surface area contributed by atoms with Gasteiger partial charge in [0.1, 0.15) is 5.82 Å². The predicted molar refractivity (Wildman–Crippen MR) is 49.0 cm³/mol. The van der Waals surface area contributed by atoms with Crippen LogP contribution in [0.2, 0.25) is 0 Å². The van der Waals surface area contributed by atoms with E-state index in [9.17, 15) is 4.39 Å². The van der Waals surface area contributed by atoms with E-state index in [2.05, 4.69) is 0 Å². The van der Waals surface area contributed by atoms with E-state index in [1.165, 1.54) is 11.6 Å². The normalized spacial score (nSPS) is 27.7. The van der Waals surface area contributed by atoms with Crippen LogP contribution in [0.5, 0.6) is 0 Å². The largest absolute Gasteiger partial charge is 0.325 e. The maximum absolute atomic E-state index is 12.9. The van der Waals surface area contributed by atoms with Crippen LogP contribution >= 0.6 is 0 Å². The summed E-state index contributed by atoms with van der Waals surface area (Å²) in [5, 5.41) is 0. The molecule has 68 valence electrons. The second kappa shape index (κ2) is 2.13. The molecular formula is C11H12FN. The second-order valence-corrected chi connectivity index (χ2v) is 4.33. The third-order valence-corrected chi connectivity index (χ3v) is 3.43. The zero-order valence-electron chi connectivity index (χ0n) is 7.39. The minimum absolute atomic E-state index is 0.0147. The Labute approximate surface area is 76.7 Å². The smallest absolute Gasteiger partial charge is 0.123 e. The van der Waals surface area contributed by atoms with Crippen molar-refractivity contribution in [2.24, 2.45) is 5.73 Å². The molecule has 3 rings (SSSR count). The van der Waals surface area contributed by atoms with E-state index < -0.39 is 0 Å². The van der Waals surface area contributed by atoms with Crippen LogP contribution < -0.4 is 5.73 Å². The summed E-state index contributed by atoms with van der Waals surface area (Å²) in [6.07, 6.45) is 3.26. The molecule has 2 aliphatic carbocycles. The molecule has 13 heavy (non-hydrogen) atoms. The highest BCUT2D eigenvalue weighted by Gasteiger charge is 2.50. The molecule has 2 aliphatic rings. The minimum Gasteiger partial charge on any atom is -0.325 e. The van der Waals surface area contributed by atoms with Gasteiger partial charge in [-0.15, -0.1) is 0 Å². The molecule has 0 radical (unpaired) electrons. The van der Waals surface area contributed by atoms with Gasteiger partial charge in [-0.25, -0.2) is 4.39 Å². The third kappa shape index (κ3) is 0.953. The summed E-state index contributed by atoms with van der Waals surface area (Å²) in [7, 11) is 0. The van der Waals surface area contributed by atoms with Crippen molar-refractivity contribution in [1.29, 1.82) is 0 Å². The van der Waals surface area contributed by atoms with Crippen LogP contribution in [0.3, 0.4) is 0 Å². The summed E-state index contributed by atoms with van der Waals surface area (Å²) < 4.78 is 12.9. The Morgan fingerprint density at radius 1 is 1.38 bits per heavy atom. The van der Waals surface area contributed by atoms with E-state index >= 15 is 0 Å². The van der Waals surface area contributed by atoms with Crippen molar-refractivity contribution in [2.45, 2.75) is 30.7 Å². The summed E-state index contributed by atoms with van der Waals surface area (Å²) >= 11 is 0. The quantitative estimate of drug-likeness (QED) is 0.697. The number of rotatable bonds is 1. The van der Waals surface area contributed by atoms with Gasteiger partial charge in [0.25, 0.3) is 0 Å². The van der Waals surface area contributed by atoms with Crippen molar-refractivity contribution in [3.63, 3.8) is 0 Å². The van der Waals surface area contributed by atoms with E-state index in [0.717, 1.165) is 24.8 Å². The highest BCUT2D eigenvalue weighted by atomic mass is 19.1. The van der Waals surface area contributed by atoms with Gasteiger partial charge in [-0.2, -0.15) is 0 Å². The van der Waals surface area contributed by atoms with Gasteiger partial charge >= 0.3 is 0 Å². The Morgan fingerprint density at radius 3 is 2.85 bits per heavy atom. The number of fused-ring (bicyclic) bond motifs is 1. The zero-order valence-corrected chi connectivity index (χ0v) is 7.39. The molecule has 0 bridgehead atoms. The van der Waals surface area contributed by atoms with E-state index in [0.29, 0.717) is 5.92 Å². The molecule has 2 N–H and O–H groups in total. The molecule has 0 saturated heterocycles. The fraction of sp³-hybridized carbons (Fsp3) is 0.455. The lowest BCUT2D eigenvalue weighted by molar-refractivity contribution is 0.464. The highest BCUT2D eigenvalue weighted by molar-refractivity contribution is 5.44. The van der Waals surface area contributed by atoms with Crippen molar-refractivity contribution in [3.8, 4) is 0 Å². The molecule has 2 heteroatoms. The third-order valence-electron chi connectivity index (χ3n) is 3.43. The van der Waals surface area contributed by atoms with Crippen molar-refractivity contribution in [3.05, 3.63) is 35.1 Å². The summed E-state index contributed by atoms with van der Waals surface area (Å²) in [4.78, 5) is 0. The SMILES string of the molecule is NC1(C2Cc3ccc(F)cc32)CC1. The van der Waals surface area contributed by atoms with Gasteiger partial charge in [-0.3, -0.25) is 0 Å². The summed E-state index contributed by atoms with van der Waals surface area (Å²) in [6.45, 7) is 0. The van der Waals surface area contributed by atoms with Gasteiger partial charge in [0.15, 0.2) is 0 Å². The average Bonchev–Trinajstić information content (AvgIpc) is 2.76. The lowest BCUT2D eigenvalue weighted by atomic mass is 9.72. The van der Waals surface area contributed by atoms with Gasteiger partial charge in [-0.1, -0.05) is 6.07 Å². The number of hydrogen-bond donors (Lipinski definition) is 1. The van der Waals surface area contributed by atoms with Crippen LogP contribution in [0, 0.1) is 5.82 Å². The number of benzene rings is 1. The first kappa shape index (κ1) is 7.51. The first-order valence-electron chi connectivity index (χ1n) is 4.76. The zero-order chi connectivity index (χ0) is 9.05. The van der Waals surface area contributed by atoms with Crippen molar-refractivity contribution in [1.82, 2.24) is 0 Å². The van der Waals surface area contributed by atoms with Crippen LogP contribution in [0.4, 0.5) is 4.39 Å². The fourth-order valence-electron chi connectivity index (χ4n) is 2.28. The Balaban J connectivity index is 1.99. The van der Waals surface area contributed by atoms with Crippen LogP contribution in [0.15, 0.2) is 18.2 Å². The van der Waals surface area contributed by atoms with Crippen molar-refractivity contribution in [2.75, 3.05) is 0 Å². The predicted octanol–water partition coefficient (Wildman–Crippen LogP) is 1.96. The molecule has 0 amide bonds. The van der Waals surface area contributed by atoms with Crippen LogP contribution in [0.1, 0.15) is 29.9 Å². The highest BCUT2D eigenvalue weighted by Crippen LogP contribution is 2.52. The number of nitrogens with two attached hydrogens (primary N) is 1. The molecule has 1 unspecified atom stereocenters. The molecule has 1 fully saturated rings.